The Hall–Kier alpha value is -1.48. The molecule has 2 bridgehead atoms. The molecule has 7 nitrogen and oxygen atoms in total. The molecule has 6 atom stereocenters. The number of fused-ring (bicyclic) bond motifs is 2. The maximum atomic E-state index is 13.0. The number of nitrogens with zero attached hydrogens (tertiary/aromatic N) is 1. The first-order chi connectivity index (χ1) is 13.3. The maximum absolute atomic E-state index is 13.0. The van der Waals surface area contributed by atoms with Crippen LogP contribution in [0.25, 0.3) is 0 Å². The normalized spacial score (nSPS) is 41.9. The lowest BCUT2D eigenvalue weighted by atomic mass is 9.59. The zero-order valence-electron chi connectivity index (χ0n) is 16.6. The van der Waals surface area contributed by atoms with Gasteiger partial charge in [0.1, 0.15) is 0 Å². The molecule has 0 aromatic carbocycles. The first-order valence-corrected chi connectivity index (χ1v) is 10.9. The third-order valence-electron chi connectivity index (χ3n) is 6.87. The molecule has 4 fully saturated rings. The number of anilines is 1. The Kier molecular flexibility index (Phi) is 4.14. The third-order valence-corrected chi connectivity index (χ3v) is 7.75. The van der Waals surface area contributed by atoms with Crippen molar-refractivity contribution < 1.29 is 24.0 Å². The summed E-state index contributed by atoms with van der Waals surface area (Å²) in [5.74, 6) is -0.0446. The minimum Gasteiger partial charge on any atom is -0.456 e. The van der Waals surface area contributed by atoms with Crippen molar-refractivity contribution in [2.75, 3.05) is 5.32 Å². The van der Waals surface area contributed by atoms with E-state index in [1.165, 1.54) is 11.3 Å². The second-order valence-corrected chi connectivity index (χ2v) is 9.59. The lowest BCUT2D eigenvalue weighted by molar-refractivity contribution is -0.555. The van der Waals surface area contributed by atoms with Crippen molar-refractivity contribution in [3.8, 4) is 0 Å². The van der Waals surface area contributed by atoms with Crippen molar-refractivity contribution >= 4 is 22.4 Å². The zero-order valence-corrected chi connectivity index (χ0v) is 17.4. The molecule has 0 radical (unpaired) electrons. The van der Waals surface area contributed by atoms with E-state index in [0.717, 1.165) is 37.0 Å². The van der Waals surface area contributed by atoms with Crippen LogP contribution in [0.3, 0.4) is 0 Å². The Labute approximate surface area is 168 Å². The highest BCUT2D eigenvalue weighted by Crippen LogP contribution is 2.60. The van der Waals surface area contributed by atoms with Crippen LogP contribution >= 0.6 is 11.3 Å². The number of carbonyl (C=O) groups excluding carboxylic acids is 1. The fourth-order valence-electron chi connectivity index (χ4n) is 5.41. The minimum absolute atomic E-state index is 0.0221. The molecule has 8 heteroatoms. The summed E-state index contributed by atoms with van der Waals surface area (Å²) in [4.78, 5) is 29.2. The van der Waals surface area contributed by atoms with Gasteiger partial charge < -0.3 is 9.47 Å². The Morgan fingerprint density at radius 3 is 2.86 bits per heavy atom. The molecule has 1 aromatic rings. The summed E-state index contributed by atoms with van der Waals surface area (Å²) >= 11 is 1.40. The van der Waals surface area contributed by atoms with E-state index >= 15 is 0 Å². The summed E-state index contributed by atoms with van der Waals surface area (Å²) in [5, 5.41) is 5.34. The van der Waals surface area contributed by atoms with E-state index in [2.05, 4.69) is 17.2 Å². The molecule has 152 valence electrons. The van der Waals surface area contributed by atoms with Gasteiger partial charge in [-0.1, -0.05) is 6.92 Å². The number of hydrogen-bond acceptors (Lipinski definition) is 7. The quantitative estimate of drug-likeness (QED) is 0.750. The second-order valence-electron chi connectivity index (χ2n) is 8.73. The van der Waals surface area contributed by atoms with E-state index in [1.807, 2.05) is 26.2 Å². The summed E-state index contributed by atoms with van der Waals surface area (Å²) < 4.78 is 12.5. The molecule has 1 spiro atoms. The molecule has 6 rings (SSSR count). The van der Waals surface area contributed by atoms with Gasteiger partial charge in [-0.05, 0) is 51.5 Å². The van der Waals surface area contributed by atoms with Crippen molar-refractivity contribution in [2.45, 2.75) is 71.1 Å². The van der Waals surface area contributed by atoms with Gasteiger partial charge in [0.05, 0.1) is 5.69 Å². The lowest BCUT2D eigenvalue weighted by Crippen LogP contribution is -2.67. The van der Waals surface area contributed by atoms with Crippen LogP contribution in [0.2, 0.25) is 0 Å². The van der Waals surface area contributed by atoms with E-state index in [4.69, 9.17) is 19.2 Å². The number of amides is 1. The van der Waals surface area contributed by atoms with Crippen molar-refractivity contribution in [3.63, 3.8) is 0 Å². The smallest absolute Gasteiger partial charge is 0.292 e. The van der Waals surface area contributed by atoms with E-state index in [9.17, 15) is 4.79 Å². The zero-order chi connectivity index (χ0) is 19.7. The molecule has 1 amide bonds. The SMILES string of the molecule is CC1=C(C(=O)Nc2nc(C)cs2)O[C@@H]2O[C@@]3(C)CC[C@H]4[C@H](C)CC[C@@H]1[C@@]24OO3. The van der Waals surface area contributed by atoms with Crippen LogP contribution in [0.4, 0.5) is 5.13 Å². The van der Waals surface area contributed by atoms with Crippen molar-refractivity contribution in [1.82, 2.24) is 4.98 Å². The highest BCUT2D eigenvalue weighted by Gasteiger charge is 2.68. The van der Waals surface area contributed by atoms with Crippen LogP contribution in [0.1, 0.15) is 52.1 Å². The number of aromatic nitrogens is 1. The Morgan fingerprint density at radius 2 is 2.11 bits per heavy atom. The van der Waals surface area contributed by atoms with Gasteiger partial charge in [-0.25, -0.2) is 14.8 Å². The molecule has 1 aromatic heterocycles. The van der Waals surface area contributed by atoms with Gasteiger partial charge in [0.2, 0.25) is 12.1 Å². The first-order valence-electron chi connectivity index (χ1n) is 9.98. The van der Waals surface area contributed by atoms with Crippen LogP contribution in [0, 0.1) is 24.7 Å². The molecule has 4 aliphatic heterocycles. The van der Waals surface area contributed by atoms with Gasteiger partial charge in [0, 0.05) is 23.6 Å². The number of aryl methyl sites for hydroxylation is 1. The summed E-state index contributed by atoms with van der Waals surface area (Å²) in [6.07, 6.45) is 3.05. The monoisotopic (exact) mass is 406 g/mol. The van der Waals surface area contributed by atoms with Crippen LogP contribution in [-0.4, -0.2) is 28.6 Å². The van der Waals surface area contributed by atoms with Gasteiger partial charge in [-0.2, -0.15) is 0 Å². The molecule has 1 N–H and O–H groups in total. The van der Waals surface area contributed by atoms with Gasteiger partial charge in [-0.15, -0.1) is 11.3 Å². The van der Waals surface area contributed by atoms with Gasteiger partial charge >= 0.3 is 0 Å². The number of nitrogens with one attached hydrogen (secondary N) is 1. The first kappa shape index (κ1) is 18.5. The summed E-state index contributed by atoms with van der Waals surface area (Å²) in [5.41, 5.74) is 1.08. The molecule has 5 heterocycles. The fourth-order valence-corrected chi connectivity index (χ4v) is 6.09. The molecular weight excluding hydrogens is 380 g/mol. The third kappa shape index (κ3) is 2.58. The van der Waals surface area contributed by atoms with Crippen LogP contribution < -0.4 is 5.32 Å². The van der Waals surface area contributed by atoms with Crippen LogP contribution in [0.5, 0.6) is 0 Å². The van der Waals surface area contributed by atoms with E-state index < -0.39 is 17.7 Å². The van der Waals surface area contributed by atoms with E-state index in [-0.39, 0.29) is 17.7 Å². The average Bonchev–Trinajstić information content (AvgIpc) is 2.92. The minimum atomic E-state index is -0.850. The number of carbonyl (C=O) groups is 1. The molecule has 1 saturated carbocycles. The van der Waals surface area contributed by atoms with E-state index in [0.29, 0.717) is 16.8 Å². The Morgan fingerprint density at radius 1 is 1.29 bits per heavy atom. The number of hydrogen-bond donors (Lipinski definition) is 1. The van der Waals surface area contributed by atoms with Crippen LogP contribution in [-0.2, 0) is 24.0 Å². The molecule has 1 aliphatic carbocycles. The molecule has 5 aliphatic rings. The van der Waals surface area contributed by atoms with Crippen molar-refractivity contribution in [3.05, 3.63) is 22.4 Å². The maximum Gasteiger partial charge on any atom is 0.292 e. The van der Waals surface area contributed by atoms with Crippen molar-refractivity contribution in [1.29, 1.82) is 0 Å². The lowest BCUT2D eigenvalue weighted by Gasteiger charge is -2.57. The number of ether oxygens (including phenoxy) is 2. The standard InChI is InChI=1S/C20H26N2O5S/c1-10-5-6-14-12(3)15(16(23)22-18-21-11(2)9-28-18)24-17-20(14)13(10)7-8-19(4,25-17)26-27-20/h9-10,13-14,17H,5-8H2,1-4H3,(H,21,22,23)/t10-,13+,14+,17-,19-,20-/m1/s1. The fraction of sp³-hybridized carbons (Fsp3) is 0.700. The van der Waals surface area contributed by atoms with Gasteiger partial charge in [0.15, 0.2) is 16.5 Å². The predicted molar refractivity (Wildman–Crippen MR) is 102 cm³/mol. The number of rotatable bonds is 2. The van der Waals surface area contributed by atoms with Gasteiger partial charge in [-0.3, -0.25) is 10.1 Å². The topological polar surface area (TPSA) is 78.9 Å². The largest absolute Gasteiger partial charge is 0.456 e. The van der Waals surface area contributed by atoms with Crippen LogP contribution in [0.15, 0.2) is 16.7 Å². The van der Waals surface area contributed by atoms with E-state index in [1.54, 1.807) is 0 Å². The van der Waals surface area contributed by atoms with Crippen molar-refractivity contribution in [2.24, 2.45) is 17.8 Å². The molecule has 0 unspecified atom stereocenters. The number of thiazole rings is 1. The second kappa shape index (κ2) is 6.26. The summed E-state index contributed by atoms with van der Waals surface area (Å²) in [6, 6.07) is 0. The molecule has 3 saturated heterocycles. The Balaban J connectivity index is 1.53. The summed E-state index contributed by atoms with van der Waals surface area (Å²) in [7, 11) is 0. The highest BCUT2D eigenvalue weighted by molar-refractivity contribution is 7.13. The highest BCUT2D eigenvalue weighted by atomic mass is 32.1. The Bertz CT molecular complexity index is 853. The predicted octanol–water partition coefficient (Wildman–Crippen LogP) is 3.91. The molecule has 28 heavy (non-hydrogen) atoms. The summed E-state index contributed by atoms with van der Waals surface area (Å²) in [6.45, 7) is 8.01. The molecular formula is C20H26N2O5S. The average molecular weight is 407 g/mol. The van der Waals surface area contributed by atoms with Gasteiger partial charge in [0.25, 0.3) is 5.91 Å².